The van der Waals surface area contributed by atoms with Crippen molar-refractivity contribution in [2.24, 2.45) is 11.3 Å². The molecule has 0 aliphatic heterocycles. The lowest BCUT2D eigenvalue weighted by atomic mass is 9.75. The number of esters is 1. The molecule has 0 spiro atoms. The van der Waals surface area contributed by atoms with E-state index in [1.54, 1.807) is 0 Å². The monoisotopic (exact) mass is 435 g/mol. The van der Waals surface area contributed by atoms with Gasteiger partial charge in [0.1, 0.15) is 6.61 Å². The van der Waals surface area contributed by atoms with Crippen LogP contribution >= 0.6 is 0 Å². The summed E-state index contributed by atoms with van der Waals surface area (Å²) in [6.07, 6.45) is 7.76. The largest absolute Gasteiger partial charge is 0.463 e. The maximum absolute atomic E-state index is 13.1. The lowest BCUT2D eigenvalue weighted by molar-refractivity contribution is -0.154. The second kappa shape index (κ2) is 13.0. The number of aliphatic hydroxyl groups is 1. The number of ether oxygens (including phenoxy) is 1. The lowest BCUT2D eigenvalue weighted by Crippen LogP contribution is -2.47. The van der Waals surface area contributed by atoms with Crippen LogP contribution in [0.2, 0.25) is 0 Å². The minimum Gasteiger partial charge on any atom is -0.463 e. The Labute approximate surface area is 193 Å². The highest BCUT2D eigenvalue weighted by Gasteiger charge is 2.39. The number of hydrogen-bond donors (Lipinski definition) is 2. The van der Waals surface area contributed by atoms with Gasteiger partial charge in [-0.3, -0.25) is 4.79 Å². The van der Waals surface area contributed by atoms with E-state index in [1.165, 1.54) is 5.56 Å². The molecular weight excluding hydrogens is 398 g/mol. The third kappa shape index (κ3) is 8.10. The van der Waals surface area contributed by atoms with Gasteiger partial charge >= 0.3 is 5.97 Å². The molecule has 32 heavy (non-hydrogen) atoms. The highest BCUT2D eigenvalue weighted by molar-refractivity contribution is 5.75. The van der Waals surface area contributed by atoms with E-state index in [0.717, 1.165) is 18.4 Å². The Balaban J connectivity index is 2.43. The summed E-state index contributed by atoms with van der Waals surface area (Å²) in [4.78, 5) is 13.1. The van der Waals surface area contributed by atoms with Crippen LogP contribution in [-0.4, -0.2) is 30.3 Å². The van der Waals surface area contributed by atoms with Crippen molar-refractivity contribution in [3.8, 4) is 0 Å². The first kappa shape index (κ1) is 25.6. The van der Waals surface area contributed by atoms with Gasteiger partial charge in [0.05, 0.1) is 12.5 Å². The third-order valence-electron chi connectivity index (χ3n) is 5.43. The van der Waals surface area contributed by atoms with Gasteiger partial charge in [0.2, 0.25) is 0 Å². The van der Waals surface area contributed by atoms with Crippen molar-refractivity contribution in [3.05, 3.63) is 90.5 Å². The molecular formula is C28H37NO3. The Morgan fingerprint density at radius 2 is 1.72 bits per heavy atom. The summed E-state index contributed by atoms with van der Waals surface area (Å²) in [6.45, 7) is 9.83. The molecule has 2 N–H and O–H groups in total. The van der Waals surface area contributed by atoms with E-state index in [2.05, 4.69) is 30.1 Å². The smallest absolute Gasteiger partial charge is 0.311 e. The van der Waals surface area contributed by atoms with E-state index in [0.29, 0.717) is 0 Å². The Hall–Kier alpha value is -2.69. The summed E-state index contributed by atoms with van der Waals surface area (Å²) >= 11 is 0. The van der Waals surface area contributed by atoms with Crippen LogP contribution in [0.5, 0.6) is 0 Å². The molecule has 2 aromatic carbocycles. The van der Waals surface area contributed by atoms with Crippen LogP contribution in [0.1, 0.15) is 50.8 Å². The lowest BCUT2D eigenvalue weighted by Gasteiger charge is -2.36. The number of benzene rings is 2. The van der Waals surface area contributed by atoms with Gasteiger partial charge in [-0.05, 0) is 29.4 Å². The standard InChI is InChI=1S/C28H37NO3/c1-5-6-17-24(23-15-11-8-12-16-23)29-25(19-18-22-13-9-7-10-14-22)26(28(2,3)4)27(31)32-21-20-30/h5,7-16,18-19,24-26,29-30H,1,6,17,20-21H2,2-4H3/b19-18+. The van der Waals surface area contributed by atoms with Crippen molar-refractivity contribution in [1.82, 2.24) is 5.32 Å². The minimum atomic E-state index is -0.441. The van der Waals surface area contributed by atoms with Gasteiger partial charge in [0, 0.05) is 12.1 Å². The molecule has 4 nitrogen and oxygen atoms in total. The molecule has 3 unspecified atom stereocenters. The zero-order chi connectivity index (χ0) is 23.4. The molecule has 2 rings (SSSR count). The zero-order valence-electron chi connectivity index (χ0n) is 19.5. The molecule has 0 aliphatic rings. The highest BCUT2D eigenvalue weighted by Crippen LogP contribution is 2.33. The van der Waals surface area contributed by atoms with Crippen molar-refractivity contribution in [2.45, 2.75) is 45.7 Å². The molecule has 0 aromatic heterocycles. The first-order valence-corrected chi connectivity index (χ1v) is 11.3. The molecule has 0 aliphatic carbocycles. The van der Waals surface area contributed by atoms with Crippen LogP contribution in [-0.2, 0) is 9.53 Å². The fraction of sp³-hybridized carbons (Fsp3) is 0.393. The summed E-state index contributed by atoms with van der Waals surface area (Å²) in [6, 6.07) is 20.1. The first-order chi connectivity index (χ1) is 15.4. The van der Waals surface area contributed by atoms with Crippen LogP contribution in [0.3, 0.4) is 0 Å². The topological polar surface area (TPSA) is 58.6 Å². The third-order valence-corrected chi connectivity index (χ3v) is 5.43. The molecule has 0 saturated carbocycles. The molecule has 0 heterocycles. The van der Waals surface area contributed by atoms with Gasteiger partial charge in [-0.15, -0.1) is 6.58 Å². The van der Waals surface area contributed by atoms with E-state index in [-0.39, 0.29) is 36.7 Å². The Bertz CT molecular complexity index is 840. The average molecular weight is 436 g/mol. The summed E-state index contributed by atoms with van der Waals surface area (Å²) in [5, 5.41) is 12.9. The summed E-state index contributed by atoms with van der Waals surface area (Å²) in [5.41, 5.74) is 1.88. The molecule has 4 heteroatoms. The maximum Gasteiger partial charge on any atom is 0.311 e. The first-order valence-electron chi connectivity index (χ1n) is 11.3. The van der Waals surface area contributed by atoms with Crippen LogP contribution < -0.4 is 5.32 Å². The molecule has 0 saturated heterocycles. The molecule has 3 atom stereocenters. The molecule has 0 radical (unpaired) electrons. The summed E-state index contributed by atoms with van der Waals surface area (Å²) in [5.74, 6) is -0.749. The fourth-order valence-electron chi connectivity index (χ4n) is 3.87. The Morgan fingerprint density at radius 3 is 2.28 bits per heavy atom. The second-order valence-electron chi connectivity index (χ2n) is 9.03. The number of hydrogen-bond acceptors (Lipinski definition) is 4. The van der Waals surface area contributed by atoms with Crippen LogP contribution in [0.15, 0.2) is 79.4 Å². The number of carbonyl (C=O) groups excluding carboxylic acids is 1. The van der Waals surface area contributed by atoms with Gasteiger partial charge < -0.3 is 15.2 Å². The van der Waals surface area contributed by atoms with E-state index < -0.39 is 5.92 Å². The molecule has 0 fully saturated rings. The highest BCUT2D eigenvalue weighted by atomic mass is 16.5. The zero-order valence-corrected chi connectivity index (χ0v) is 19.5. The number of allylic oxidation sites excluding steroid dienone is 1. The van der Waals surface area contributed by atoms with Crippen molar-refractivity contribution in [3.63, 3.8) is 0 Å². The van der Waals surface area contributed by atoms with Crippen molar-refractivity contribution in [1.29, 1.82) is 0 Å². The van der Waals surface area contributed by atoms with E-state index in [1.807, 2.05) is 81.5 Å². The van der Waals surface area contributed by atoms with Gasteiger partial charge in [0.25, 0.3) is 0 Å². The normalized spacial score (nSPS) is 14.6. The molecule has 2 aromatic rings. The van der Waals surface area contributed by atoms with Crippen molar-refractivity contribution in [2.75, 3.05) is 13.2 Å². The number of carbonyl (C=O) groups is 1. The summed E-state index contributed by atoms with van der Waals surface area (Å²) < 4.78 is 5.40. The maximum atomic E-state index is 13.1. The molecule has 172 valence electrons. The van der Waals surface area contributed by atoms with Crippen molar-refractivity contribution < 1.29 is 14.6 Å². The quantitative estimate of drug-likeness (QED) is 0.338. The SMILES string of the molecule is C=CCCC(NC(/C=C/c1ccccc1)C(C(=O)OCCO)C(C)(C)C)c1ccccc1. The molecule has 0 bridgehead atoms. The van der Waals surface area contributed by atoms with Crippen molar-refractivity contribution >= 4 is 12.0 Å². The Kier molecular flexibility index (Phi) is 10.4. The van der Waals surface area contributed by atoms with Gasteiger partial charge in [0.15, 0.2) is 0 Å². The number of rotatable bonds is 12. The van der Waals surface area contributed by atoms with E-state index >= 15 is 0 Å². The van der Waals surface area contributed by atoms with Crippen LogP contribution in [0.25, 0.3) is 6.08 Å². The van der Waals surface area contributed by atoms with Gasteiger partial charge in [-0.2, -0.15) is 0 Å². The number of nitrogens with one attached hydrogen (secondary N) is 1. The Morgan fingerprint density at radius 1 is 1.09 bits per heavy atom. The van der Waals surface area contributed by atoms with E-state index in [4.69, 9.17) is 9.84 Å². The summed E-state index contributed by atoms with van der Waals surface area (Å²) in [7, 11) is 0. The fourth-order valence-corrected chi connectivity index (χ4v) is 3.87. The molecule has 0 amide bonds. The predicted molar refractivity (Wildman–Crippen MR) is 132 cm³/mol. The average Bonchev–Trinajstić information content (AvgIpc) is 2.79. The predicted octanol–water partition coefficient (Wildman–Crippen LogP) is 5.56. The van der Waals surface area contributed by atoms with Crippen LogP contribution in [0.4, 0.5) is 0 Å². The minimum absolute atomic E-state index is 0.000882. The second-order valence-corrected chi connectivity index (χ2v) is 9.03. The number of aliphatic hydroxyl groups excluding tert-OH is 1. The van der Waals surface area contributed by atoms with Gasteiger partial charge in [-0.1, -0.05) is 99.7 Å². The van der Waals surface area contributed by atoms with Crippen LogP contribution in [0, 0.1) is 11.3 Å². The van der Waals surface area contributed by atoms with Gasteiger partial charge in [-0.25, -0.2) is 0 Å². The van der Waals surface area contributed by atoms with E-state index in [9.17, 15) is 4.79 Å².